The topological polar surface area (TPSA) is 25.2 Å². The largest absolute Gasteiger partial charge is 0.329 e. The van der Waals surface area contributed by atoms with Gasteiger partial charge in [0.1, 0.15) is 10.8 Å². The number of hydrogen-bond acceptors (Lipinski definition) is 1. The fraction of sp³-hybridized carbons (Fsp3) is 0.389. The van der Waals surface area contributed by atoms with Crippen molar-refractivity contribution < 1.29 is 4.79 Å². The van der Waals surface area contributed by atoms with Crippen LogP contribution in [0.1, 0.15) is 46.9 Å². The first-order valence-corrected chi connectivity index (χ1v) is 8.74. The molecular weight excluding hydrogens is 331 g/mol. The van der Waals surface area contributed by atoms with Crippen molar-refractivity contribution in [2.75, 3.05) is 0 Å². The molecule has 0 aliphatic heterocycles. The first kappa shape index (κ1) is 15.1. The van der Waals surface area contributed by atoms with Crippen molar-refractivity contribution in [2.45, 2.75) is 37.8 Å². The van der Waals surface area contributed by atoms with Gasteiger partial charge in [0.15, 0.2) is 0 Å². The number of aryl methyl sites for hydroxylation is 1. The minimum Gasteiger partial charge on any atom is -0.329 e. The Balaban J connectivity index is 1.72. The first-order chi connectivity index (χ1) is 11.1. The average molecular weight is 349 g/mol. The lowest BCUT2D eigenvalue weighted by molar-refractivity contribution is 0.0648. The van der Waals surface area contributed by atoms with Crippen LogP contribution in [0, 0.1) is 0 Å². The van der Waals surface area contributed by atoms with Gasteiger partial charge in [-0.2, -0.15) is 0 Å². The molecule has 23 heavy (non-hydrogen) atoms. The second-order valence-corrected chi connectivity index (χ2v) is 7.19. The van der Waals surface area contributed by atoms with Gasteiger partial charge in [-0.05, 0) is 42.9 Å². The smallest absolute Gasteiger partial charge is 0.271 e. The second-order valence-electron chi connectivity index (χ2n) is 6.42. The summed E-state index contributed by atoms with van der Waals surface area (Å²) in [5, 5.41) is 0.845. The summed E-state index contributed by atoms with van der Waals surface area (Å²) in [6, 6.07) is 10.6. The van der Waals surface area contributed by atoms with Crippen molar-refractivity contribution in [3.8, 4) is 0 Å². The lowest BCUT2D eigenvalue weighted by Crippen LogP contribution is -2.37. The third-order valence-corrected chi connectivity index (χ3v) is 5.79. The standard InChI is InChI=1S/C18H18Cl2N2O/c1-21-16(10-14(19)17(21)20)18(23)22(12-7-8-12)15-9-6-11-4-2-3-5-13(11)15/h2-5,10,12,15H,6-9H2,1H3. The third-order valence-electron chi connectivity index (χ3n) is 4.95. The number of halogens is 2. The Morgan fingerprint density at radius 1 is 1.22 bits per heavy atom. The van der Waals surface area contributed by atoms with Crippen molar-refractivity contribution in [3.63, 3.8) is 0 Å². The molecule has 0 N–H and O–H groups in total. The van der Waals surface area contributed by atoms with E-state index in [9.17, 15) is 4.79 Å². The molecule has 1 unspecified atom stereocenters. The Labute approximate surface area is 145 Å². The lowest BCUT2D eigenvalue weighted by atomic mass is 10.1. The number of amides is 1. The van der Waals surface area contributed by atoms with E-state index in [0.717, 1.165) is 25.7 Å². The molecular formula is C18H18Cl2N2O. The third kappa shape index (κ3) is 2.47. The van der Waals surface area contributed by atoms with Crippen molar-refractivity contribution in [3.05, 3.63) is 57.3 Å². The molecule has 4 rings (SSSR count). The zero-order valence-corrected chi connectivity index (χ0v) is 14.4. The maximum Gasteiger partial charge on any atom is 0.271 e. The van der Waals surface area contributed by atoms with Gasteiger partial charge in [-0.1, -0.05) is 47.5 Å². The van der Waals surface area contributed by atoms with Gasteiger partial charge in [0.25, 0.3) is 5.91 Å². The van der Waals surface area contributed by atoms with Crippen LogP contribution in [0.3, 0.4) is 0 Å². The Kier molecular flexibility index (Phi) is 3.66. The Hall–Kier alpha value is -1.45. The maximum absolute atomic E-state index is 13.2. The monoisotopic (exact) mass is 348 g/mol. The predicted molar refractivity (Wildman–Crippen MR) is 92.1 cm³/mol. The van der Waals surface area contributed by atoms with Crippen molar-refractivity contribution in [1.82, 2.24) is 9.47 Å². The molecule has 0 bridgehead atoms. The number of carbonyl (C=O) groups is 1. The van der Waals surface area contributed by atoms with E-state index >= 15 is 0 Å². The summed E-state index contributed by atoms with van der Waals surface area (Å²) < 4.78 is 1.68. The molecule has 1 fully saturated rings. The summed E-state index contributed by atoms with van der Waals surface area (Å²) in [7, 11) is 1.79. The van der Waals surface area contributed by atoms with Crippen LogP contribution >= 0.6 is 23.2 Å². The molecule has 0 saturated heterocycles. The van der Waals surface area contributed by atoms with Crippen LogP contribution in [0.25, 0.3) is 0 Å². The van der Waals surface area contributed by atoms with Gasteiger partial charge in [-0.25, -0.2) is 0 Å². The van der Waals surface area contributed by atoms with E-state index in [1.165, 1.54) is 11.1 Å². The fourth-order valence-electron chi connectivity index (χ4n) is 3.62. The second kappa shape index (κ2) is 5.57. The Morgan fingerprint density at radius 2 is 1.96 bits per heavy atom. The highest BCUT2D eigenvalue weighted by molar-refractivity contribution is 6.41. The summed E-state index contributed by atoms with van der Waals surface area (Å²) in [5.41, 5.74) is 3.22. The van der Waals surface area contributed by atoms with Gasteiger partial charge in [-0.15, -0.1) is 0 Å². The molecule has 1 atom stereocenters. The number of aromatic nitrogens is 1. The number of carbonyl (C=O) groups excluding carboxylic acids is 1. The highest BCUT2D eigenvalue weighted by Gasteiger charge is 2.41. The number of nitrogens with zero attached hydrogens (tertiary/aromatic N) is 2. The van der Waals surface area contributed by atoms with Gasteiger partial charge in [0.2, 0.25) is 0 Å². The van der Waals surface area contributed by atoms with Crippen molar-refractivity contribution in [2.24, 2.45) is 7.05 Å². The molecule has 3 nitrogen and oxygen atoms in total. The predicted octanol–water partition coefficient (Wildman–Crippen LogP) is 4.62. The van der Waals surface area contributed by atoms with Crippen LogP contribution in [0.2, 0.25) is 10.2 Å². The molecule has 1 saturated carbocycles. The number of rotatable bonds is 3. The van der Waals surface area contributed by atoms with Gasteiger partial charge < -0.3 is 9.47 Å². The minimum atomic E-state index is 0.0329. The zero-order valence-electron chi connectivity index (χ0n) is 12.9. The molecule has 5 heteroatoms. The summed E-state index contributed by atoms with van der Waals surface area (Å²) in [5.74, 6) is 0.0329. The molecule has 2 aliphatic rings. The van der Waals surface area contributed by atoms with E-state index in [1.54, 1.807) is 17.7 Å². The molecule has 120 valence electrons. The normalized spacial score (nSPS) is 19.7. The molecule has 0 radical (unpaired) electrons. The van der Waals surface area contributed by atoms with Crippen LogP contribution in [-0.4, -0.2) is 21.4 Å². The van der Waals surface area contributed by atoms with E-state index in [-0.39, 0.29) is 11.9 Å². The molecule has 1 aromatic carbocycles. The molecule has 1 heterocycles. The molecule has 2 aromatic rings. The summed E-state index contributed by atoms with van der Waals surface area (Å²) >= 11 is 12.2. The quantitative estimate of drug-likeness (QED) is 0.794. The van der Waals surface area contributed by atoms with Gasteiger partial charge >= 0.3 is 0 Å². The van der Waals surface area contributed by atoms with E-state index < -0.39 is 0 Å². The number of benzene rings is 1. The van der Waals surface area contributed by atoms with Crippen LogP contribution in [0.15, 0.2) is 30.3 Å². The highest BCUT2D eigenvalue weighted by Crippen LogP contribution is 2.43. The number of fused-ring (bicyclic) bond motifs is 1. The van der Waals surface area contributed by atoms with Crippen molar-refractivity contribution >= 4 is 29.1 Å². The van der Waals surface area contributed by atoms with E-state index in [0.29, 0.717) is 21.9 Å². The zero-order chi connectivity index (χ0) is 16.1. The Morgan fingerprint density at radius 3 is 2.61 bits per heavy atom. The molecule has 0 spiro atoms. The fourth-order valence-corrected chi connectivity index (χ4v) is 3.99. The summed E-state index contributed by atoms with van der Waals surface area (Å²) in [4.78, 5) is 15.3. The maximum atomic E-state index is 13.2. The van der Waals surface area contributed by atoms with Crippen LogP contribution in [-0.2, 0) is 13.5 Å². The average Bonchev–Trinajstić information content (AvgIpc) is 3.25. The van der Waals surface area contributed by atoms with Gasteiger partial charge in [-0.3, -0.25) is 4.79 Å². The van der Waals surface area contributed by atoms with Crippen LogP contribution in [0.4, 0.5) is 0 Å². The van der Waals surface area contributed by atoms with Crippen LogP contribution in [0.5, 0.6) is 0 Å². The SMILES string of the molecule is Cn1c(C(=O)N(C2CC2)C2CCc3ccccc32)cc(Cl)c1Cl. The van der Waals surface area contributed by atoms with Gasteiger partial charge in [0, 0.05) is 13.1 Å². The molecule has 1 aromatic heterocycles. The van der Waals surface area contributed by atoms with E-state index in [1.807, 2.05) is 0 Å². The van der Waals surface area contributed by atoms with E-state index in [2.05, 4.69) is 29.2 Å². The van der Waals surface area contributed by atoms with Crippen molar-refractivity contribution in [1.29, 1.82) is 0 Å². The first-order valence-electron chi connectivity index (χ1n) is 7.99. The minimum absolute atomic E-state index is 0.0329. The summed E-state index contributed by atoms with van der Waals surface area (Å²) in [6.45, 7) is 0. The summed E-state index contributed by atoms with van der Waals surface area (Å²) in [6.07, 6.45) is 4.19. The molecule has 1 amide bonds. The van der Waals surface area contributed by atoms with E-state index in [4.69, 9.17) is 23.2 Å². The Bertz CT molecular complexity index is 779. The lowest BCUT2D eigenvalue weighted by Gasteiger charge is -2.30. The van der Waals surface area contributed by atoms with Gasteiger partial charge in [0.05, 0.1) is 11.1 Å². The highest BCUT2D eigenvalue weighted by atomic mass is 35.5. The van der Waals surface area contributed by atoms with Crippen LogP contribution < -0.4 is 0 Å². The molecule has 2 aliphatic carbocycles. The number of hydrogen-bond donors (Lipinski definition) is 0.